The SMILES string of the molecule is CCn1cc(S(=O)(=O)N2CCNC(C)C2)nc1C. The van der Waals surface area contributed by atoms with E-state index < -0.39 is 10.0 Å². The number of imidazole rings is 1. The summed E-state index contributed by atoms with van der Waals surface area (Å²) in [4.78, 5) is 4.17. The summed E-state index contributed by atoms with van der Waals surface area (Å²) < 4.78 is 28.2. The second-order valence-corrected chi connectivity index (χ2v) is 6.52. The third kappa shape index (κ3) is 2.43. The molecule has 7 heteroatoms. The number of hydrogen-bond donors (Lipinski definition) is 1. The van der Waals surface area contributed by atoms with Crippen LogP contribution in [0.5, 0.6) is 0 Å². The van der Waals surface area contributed by atoms with Crippen LogP contribution in [0.15, 0.2) is 11.2 Å². The van der Waals surface area contributed by atoms with Gasteiger partial charge in [-0.1, -0.05) is 0 Å². The van der Waals surface area contributed by atoms with E-state index >= 15 is 0 Å². The Morgan fingerprint density at radius 1 is 1.56 bits per heavy atom. The molecule has 0 aromatic carbocycles. The van der Waals surface area contributed by atoms with Gasteiger partial charge in [-0.3, -0.25) is 0 Å². The predicted molar refractivity (Wildman–Crippen MR) is 68.9 cm³/mol. The van der Waals surface area contributed by atoms with E-state index in [1.165, 1.54) is 4.31 Å². The molecule has 1 fully saturated rings. The maximum absolute atomic E-state index is 12.4. The van der Waals surface area contributed by atoms with Crippen LogP contribution >= 0.6 is 0 Å². The minimum absolute atomic E-state index is 0.163. The molecule has 102 valence electrons. The Labute approximate surface area is 108 Å². The van der Waals surface area contributed by atoms with Gasteiger partial charge in [0.25, 0.3) is 10.0 Å². The zero-order valence-corrected chi connectivity index (χ0v) is 11.9. The van der Waals surface area contributed by atoms with Crippen LogP contribution in [0.25, 0.3) is 0 Å². The lowest BCUT2D eigenvalue weighted by Gasteiger charge is -2.30. The summed E-state index contributed by atoms with van der Waals surface area (Å²) in [6.45, 7) is 8.20. The Kier molecular flexibility index (Phi) is 3.74. The number of piperazine rings is 1. The molecule has 0 saturated carbocycles. The fourth-order valence-electron chi connectivity index (χ4n) is 2.17. The highest BCUT2D eigenvalue weighted by Gasteiger charge is 2.30. The van der Waals surface area contributed by atoms with E-state index in [-0.39, 0.29) is 11.1 Å². The first kappa shape index (κ1) is 13.5. The molecule has 2 rings (SSSR count). The number of aromatic nitrogens is 2. The van der Waals surface area contributed by atoms with Crippen molar-refractivity contribution in [1.29, 1.82) is 0 Å². The fourth-order valence-corrected chi connectivity index (χ4v) is 3.70. The maximum Gasteiger partial charge on any atom is 0.262 e. The lowest BCUT2D eigenvalue weighted by molar-refractivity contribution is 0.309. The van der Waals surface area contributed by atoms with Crippen LogP contribution in [0.3, 0.4) is 0 Å². The summed E-state index contributed by atoms with van der Waals surface area (Å²) in [5.74, 6) is 0.735. The van der Waals surface area contributed by atoms with E-state index in [1.54, 1.807) is 6.20 Å². The Morgan fingerprint density at radius 3 is 2.83 bits per heavy atom. The van der Waals surface area contributed by atoms with Crippen LogP contribution < -0.4 is 5.32 Å². The van der Waals surface area contributed by atoms with E-state index in [4.69, 9.17) is 0 Å². The molecule has 0 spiro atoms. The molecule has 0 aliphatic carbocycles. The van der Waals surface area contributed by atoms with Gasteiger partial charge in [-0.2, -0.15) is 4.31 Å². The number of aryl methyl sites for hydroxylation is 2. The largest absolute Gasteiger partial charge is 0.334 e. The van der Waals surface area contributed by atoms with Crippen molar-refractivity contribution in [2.45, 2.75) is 38.4 Å². The number of hydrogen-bond acceptors (Lipinski definition) is 4. The molecule has 1 aliphatic heterocycles. The summed E-state index contributed by atoms with van der Waals surface area (Å²) in [6, 6.07) is 0.183. The third-order valence-corrected chi connectivity index (χ3v) is 4.97. The third-order valence-electron chi connectivity index (χ3n) is 3.23. The monoisotopic (exact) mass is 272 g/mol. The molecule has 6 nitrogen and oxygen atoms in total. The Morgan fingerprint density at radius 2 is 2.28 bits per heavy atom. The normalized spacial score (nSPS) is 22.3. The minimum Gasteiger partial charge on any atom is -0.334 e. The van der Waals surface area contributed by atoms with E-state index in [9.17, 15) is 8.42 Å². The van der Waals surface area contributed by atoms with E-state index in [0.717, 1.165) is 12.4 Å². The van der Waals surface area contributed by atoms with Gasteiger partial charge in [0.15, 0.2) is 5.03 Å². The zero-order chi connectivity index (χ0) is 13.3. The zero-order valence-electron chi connectivity index (χ0n) is 11.0. The van der Waals surface area contributed by atoms with E-state index in [2.05, 4.69) is 10.3 Å². The van der Waals surface area contributed by atoms with Crippen LogP contribution in [0.4, 0.5) is 0 Å². The predicted octanol–water partition coefficient (Wildman–Crippen LogP) is 0.194. The Bertz CT molecular complexity index is 523. The molecular weight excluding hydrogens is 252 g/mol. The molecule has 18 heavy (non-hydrogen) atoms. The molecule has 0 amide bonds. The molecule has 1 unspecified atom stereocenters. The quantitative estimate of drug-likeness (QED) is 0.853. The minimum atomic E-state index is -3.45. The van der Waals surface area contributed by atoms with Crippen LogP contribution in [0.2, 0.25) is 0 Å². The molecule has 1 aliphatic rings. The summed E-state index contributed by atoms with van der Waals surface area (Å²) in [5.41, 5.74) is 0. The van der Waals surface area contributed by atoms with Gasteiger partial charge >= 0.3 is 0 Å². The molecule has 0 bridgehead atoms. The molecule has 0 radical (unpaired) electrons. The second kappa shape index (κ2) is 4.99. The van der Waals surface area contributed by atoms with Crippen molar-refractivity contribution in [2.24, 2.45) is 0 Å². The van der Waals surface area contributed by atoms with E-state index in [0.29, 0.717) is 19.6 Å². The molecule has 2 heterocycles. The van der Waals surface area contributed by atoms with Gasteiger partial charge in [0.05, 0.1) is 0 Å². The molecule has 1 N–H and O–H groups in total. The number of nitrogens with one attached hydrogen (secondary N) is 1. The van der Waals surface area contributed by atoms with Crippen LogP contribution in [0, 0.1) is 6.92 Å². The van der Waals surface area contributed by atoms with Crippen molar-refractivity contribution < 1.29 is 8.42 Å². The average molecular weight is 272 g/mol. The molecule has 1 aromatic rings. The summed E-state index contributed by atoms with van der Waals surface area (Å²) >= 11 is 0. The van der Waals surface area contributed by atoms with Gasteiger partial charge < -0.3 is 9.88 Å². The number of sulfonamides is 1. The molecule has 1 aromatic heterocycles. The lowest BCUT2D eigenvalue weighted by Crippen LogP contribution is -2.51. The standard InChI is InChI=1S/C11H20N4O2S/c1-4-14-8-11(13-10(14)3)18(16,17)15-6-5-12-9(2)7-15/h8-9,12H,4-7H2,1-3H3. The summed E-state index contributed by atoms with van der Waals surface area (Å²) in [6.07, 6.45) is 1.62. The summed E-state index contributed by atoms with van der Waals surface area (Å²) in [7, 11) is -3.45. The van der Waals surface area contributed by atoms with Crippen molar-refractivity contribution >= 4 is 10.0 Å². The van der Waals surface area contributed by atoms with Crippen LogP contribution in [-0.2, 0) is 16.6 Å². The van der Waals surface area contributed by atoms with Crippen molar-refractivity contribution in [3.05, 3.63) is 12.0 Å². The van der Waals surface area contributed by atoms with Gasteiger partial charge in [-0.05, 0) is 20.8 Å². The maximum atomic E-state index is 12.4. The molecule has 1 saturated heterocycles. The molecule has 1 atom stereocenters. The Balaban J connectivity index is 2.29. The van der Waals surface area contributed by atoms with Gasteiger partial charge in [0.2, 0.25) is 0 Å². The second-order valence-electron chi connectivity index (χ2n) is 4.63. The highest BCUT2D eigenvalue weighted by Crippen LogP contribution is 2.16. The highest BCUT2D eigenvalue weighted by molar-refractivity contribution is 7.89. The van der Waals surface area contributed by atoms with Crippen molar-refractivity contribution in [2.75, 3.05) is 19.6 Å². The topological polar surface area (TPSA) is 67.2 Å². The smallest absolute Gasteiger partial charge is 0.262 e. The van der Waals surface area contributed by atoms with Crippen molar-refractivity contribution in [3.8, 4) is 0 Å². The van der Waals surface area contributed by atoms with Crippen molar-refractivity contribution in [1.82, 2.24) is 19.2 Å². The van der Waals surface area contributed by atoms with Crippen LogP contribution in [-0.4, -0.2) is 48.0 Å². The van der Waals surface area contributed by atoms with Gasteiger partial charge in [0.1, 0.15) is 5.82 Å². The number of rotatable bonds is 3. The first-order chi connectivity index (χ1) is 8.45. The highest BCUT2D eigenvalue weighted by atomic mass is 32.2. The Hall–Kier alpha value is -0.920. The summed E-state index contributed by atoms with van der Waals surface area (Å²) in [5, 5.41) is 3.39. The lowest BCUT2D eigenvalue weighted by atomic mass is 10.3. The first-order valence-electron chi connectivity index (χ1n) is 6.22. The van der Waals surface area contributed by atoms with Gasteiger partial charge in [0, 0.05) is 38.4 Å². The first-order valence-corrected chi connectivity index (χ1v) is 7.66. The number of nitrogens with zero attached hydrogens (tertiary/aromatic N) is 3. The van der Waals surface area contributed by atoms with Gasteiger partial charge in [-0.25, -0.2) is 13.4 Å². The van der Waals surface area contributed by atoms with Gasteiger partial charge in [-0.15, -0.1) is 0 Å². The molecular formula is C11H20N4O2S. The van der Waals surface area contributed by atoms with Crippen LogP contribution in [0.1, 0.15) is 19.7 Å². The fraction of sp³-hybridized carbons (Fsp3) is 0.727. The van der Waals surface area contributed by atoms with Crippen molar-refractivity contribution in [3.63, 3.8) is 0 Å². The van der Waals surface area contributed by atoms with E-state index in [1.807, 2.05) is 25.3 Å². The average Bonchev–Trinajstić information content (AvgIpc) is 2.71.